The van der Waals surface area contributed by atoms with Gasteiger partial charge in [0, 0.05) is 40.3 Å². The maximum atomic E-state index is 13.2. The van der Waals surface area contributed by atoms with E-state index in [2.05, 4.69) is 11.1 Å². The molecule has 3 aromatic rings. The molecule has 1 aliphatic heterocycles. The van der Waals surface area contributed by atoms with Crippen molar-refractivity contribution in [2.75, 3.05) is 22.3 Å². The van der Waals surface area contributed by atoms with E-state index < -0.39 is 10.0 Å². The molecule has 0 atom stereocenters. The Hall–Kier alpha value is -2.89. The van der Waals surface area contributed by atoms with Crippen LogP contribution < -0.4 is 10.0 Å². The van der Waals surface area contributed by atoms with E-state index in [0.717, 1.165) is 16.2 Å². The third kappa shape index (κ3) is 3.16. The number of hydrogen-bond donors (Lipinski definition) is 2. The van der Waals surface area contributed by atoms with Crippen molar-refractivity contribution in [3.63, 3.8) is 0 Å². The van der Waals surface area contributed by atoms with Crippen molar-refractivity contribution in [1.82, 2.24) is 4.98 Å². The number of aromatic amines is 1. The lowest BCUT2D eigenvalue weighted by Gasteiger charge is -2.30. The molecule has 0 unspecified atom stereocenters. The highest BCUT2D eigenvalue weighted by atomic mass is 32.2. The van der Waals surface area contributed by atoms with Crippen LogP contribution in [0.5, 0.6) is 0 Å². The Morgan fingerprint density at radius 1 is 1.15 bits per heavy atom. The number of sulfonamides is 1. The Morgan fingerprint density at radius 2 is 1.93 bits per heavy atom. The summed E-state index contributed by atoms with van der Waals surface area (Å²) in [6.45, 7) is 0.391. The first-order chi connectivity index (χ1) is 13.0. The van der Waals surface area contributed by atoms with E-state index in [1.807, 2.05) is 18.2 Å². The quantitative estimate of drug-likeness (QED) is 0.660. The van der Waals surface area contributed by atoms with Gasteiger partial charge in [-0.1, -0.05) is 6.07 Å². The van der Waals surface area contributed by atoms with Gasteiger partial charge in [0.15, 0.2) is 0 Å². The second kappa shape index (κ2) is 6.68. The first kappa shape index (κ1) is 17.5. The third-order valence-electron chi connectivity index (χ3n) is 4.37. The van der Waals surface area contributed by atoms with Crippen LogP contribution in [0.25, 0.3) is 11.3 Å². The lowest BCUT2D eigenvalue weighted by atomic mass is 10.1. The monoisotopic (exact) mass is 396 g/mol. The van der Waals surface area contributed by atoms with E-state index in [1.165, 1.54) is 16.4 Å². The van der Waals surface area contributed by atoms with E-state index in [0.29, 0.717) is 29.2 Å². The molecule has 6 nitrogen and oxygen atoms in total. The van der Waals surface area contributed by atoms with Gasteiger partial charge < -0.3 is 10.7 Å². The van der Waals surface area contributed by atoms with E-state index >= 15 is 0 Å². The second-order valence-corrected chi connectivity index (χ2v) is 9.09. The van der Waals surface area contributed by atoms with Gasteiger partial charge in [-0.2, -0.15) is 5.26 Å². The van der Waals surface area contributed by atoms with Gasteiger partial charge in [0.25, 0.3) is 10.0 Å². The van der Waals surface area contributed by atoms with Crippen molar-refractivity contribution >= 4 is 33.2 Å². The topological polar surface area (TPSA) is 103 Å². The number of H-pyrrole nitrogens is 1. The highest BCUT2D eigenvalue weighted by molar-refractivity contribution is 8.00. The van der Waals surface area contributed by atoms with E-state index in [4.69, 9.17) is 11.0 Å². The summed E-state index contributed by atoms with van der Waals surface area (Å²) in [5.41, 5.74) is 8.98. The van der Waals surface area contributed by atoms with Gasteiger partial charge in [-0.15, -0.1) is 11.8 Å². The fourth-order valence-corrected chi connectivity index (χ4v) is 5.63. The van der Waals surface area contributed by atoms with Crippen LogP contribution in [0.2, 0.25) is 0 Å². The van der Waals surface area contributed by atoms with Gasteiger partial charge in [-0.3, -0.25) is 4.31 Å². The first-order valence-corrected chi connectivity index (χ1v) is 10.7. The largest absolute Gasteiger partial charge is 0.399 e. The Bertz CT molecular complexity index is 1150. The number of nitrogens with zero attached hydrogens (tertiary/aromatic N) is 2. The summed E-state index contributed by atoms with van der Waals surface area (Å²) in [6.07, 6.45) is 1.63. The minimum atomic E-state index is -3.69. The first-order valence-electron chi connectivity index (χ1n) is 8.23. The Labute approximate surface area is 161 Å². The molecule has 4 rings (SSSR count). The molecule has 2 aromatic carbocycles. The van der Waals surface area contributed by atoms with Gasteiger partial charge >= 0.3 is 0 Å². The van der Waals surface area contributed by atoms with Crippen LogP contribution in [0, 0.1) is 11.3 Å². The summed E-state index contributed by atoms with van der Waals surface area (Å²) in [5.74, 6) is 0.682. The average Bonchev–Trinajstić information content (AvgIpc) is 3.16. The van der Waals surface area contributed by atoms with E-state index in [-0.39, 0.29) is 4.90 Å². The van der Waals surface area contributed by atoms with E-state index in [1.54, 1.807) is 36.2 Å². The van der Waals surface area contributed by atoms with Crippen molar-refractivity contribution in [3.05, 3.63) is 60.3 Å². The highest BCUT2D eigenvalue weighted by Gasteiger charge is 2.29. The predicted molar refractivity (Wildman–Crippen MR) is 107 cm³/mol. The molecule has 1 aliphatic rings. The fourth-order valence-electron chi connectivity index (χ4n) is 3.00. The molecule has 0 spiro atoms. The summed E-state index contributed by atoms with van der Waals surface area (Å²) >= 11 is 1.63. The lowest BCUT2D eigenvalue weighted by Crippen LogP contribution is -2.35. The van der Waals surface area contributed by atoms with Crippen LogP contribution >= 0.6 is 11.8 Å². The van der Waals surface area contributed by atoms with Gasteiger partial charge in [0.05, 0.1) is 16.1 Å². The zero-order chi connectivity index (χ0) is 19.0. The standard InChI is InChI=1S/C19H16N4O2S2/c20-11-13-9-17(22-12-13)14-1-6-19-18(10-14)23(7-8-26-19)27(24,25)16-4-2-15(21)3-5-16/h1-6,9-10,12,22H,7-8,21H2. The zero-order valence-electron chi connectivity index (χ0n) is 14.2. The normalized spacial score (nSPS) is 13.8. The smallest absolute Gasteiger partial charge is 0.264 e. The molecule has 0 radical (unpaired) electrons. The minimum Gasteiger partial charge on any atom is -0.399 e. The predicted octanol–water partition coefficient (Wildman–Crippen LogP) is 3.44. The molecular formula is C19H16N4O2S2. The number of fused-ring (bicyclic) bond motifs is 1. The van der Waals surface area contributed by atoms with Crippen molar-refractivity contribution in [2.24, 2.45) is 0 Å². The lowest BCUT2D eigenvalue weighted by molar-refractivity contribution is 0.591. The number of rotatable bonds is 3. The van der Waals surface area contributed by atoms with Gasteiger partial charge in [0.2, 0.25) is 0 Å². The van der Waals surface area contributed by atoms with Crippen molar-refractivity contribution < 1.29 is 8.42 Å². The molecule has 8 heteroatoms. The number of nitriles is 1. The van der Waals surface area contributed by atoms with Crippen molar-refractivity contribution in [1.29, 1.82) is 5.26 Å². The Kier molecular flexibility index (Phi) is 4.34. The van der Waals surface area contributed by atoms with Crippen molar-refractivity contribution in [2.45, 2.75) is 9.79 Å². The van der Waals surface area contributed by atoms with Crippen LogP contribution in [0.3, 0.4) is 0 Å². The SMILES string of the molecule is N#Cc1c[nH]c(-c2ccc3c(c2)N(S(=O)(=O)c2ccc(N)cc2)CCS3)c1. The molecule has 0 bridgehead atoms. The number of anilines is 2. The molecule has 3 N–H and O–H groups in total. The number of benzene rings is 2. The molecule has 0 fully saturated rings. The molecule has 1 aromatic heterocycles. The number of aromatic nitrogens is 1. The van der Waals surface area contributed by atoms with Crippen LogP contribution in [0.15, 0.2) is 64.5 Å². The molecule has 0 saturated carbocycles. The average molecular weight is 396 g/mol. The number of nitrogen functional groups attached to an aromatic ring is 1. The molecule has 27 heavy (non-hydrogen) atoms. The van der Waals surface area contributed by atoms with Crippen molar-refractivity contribution in [3.8, 4) is 17.3 Å². The minimum absolute atomic E-state index is 0.214. The maximum Gasteiger partial charge on any atom is 0.264 e. The molecule has 0 aliphatic carbocycles. The number of nitrogens with one attached hydrogen (secondary N) is 1. The van der Waals surface area contributed by atoms with Crippen LogP contribution in [-0.2, 0) is 10.0 Å². The molecule has 136 valence electrons. The summed E-state index contributed by atoms with van der Waals surface area (Å²) in [6, 6.07) is 15.8. The molecule has 0 amide bonds. The molecular weight excluding hydrogens is 380 g/mol. The number of nitrogens with two attached hydrogens (primary N) is 1. The van der Waals surface area contributed by atoms with Gasteiger partial charge in [-0.05, 0) is 42.5 Å². The van der Waals surface area contributed by atoms with Gasteiger partial charge in [-0.25, -0.2) is 8.42 Å². The highest BCUT2D eigenvalue weighted by Crippen LogP contribution is 2.40. The molecule has 2 heterocycles. The summed E-state index contributed by atoms with van der Waals surface area (Å²) in [7, 11) is -3.69. The maximum absolute atomic E-state index is 13.2. The summed E-state index contributed by atoms with van der Waals surface area (Å²) < 4.78 is 27.8. The second-order valence-electron chi connectivity index (χ2n) is 6.09. The zero-order valence-corrected chi connectivity index (χ0v) is 15.8. The summed E-state index contributed by atoms with van der Waals surface area (Å²) in [5, 5.41) is 9.01. The fraction of sp³-hybridized carbons (Fsp3) is 0.105. The van der Waals surface area contributed by atoms with Gasteiger partial charge in [0.1, 0.15) is 6.07 Å². The number of thioether (sulfide) groups is 1. The van der Waals surface area contributed by atoms with Crippen LogP contribution in [0.1, 0.15) is 5.56 Å². The van der Waals surface area contributed by atoms with Crippen LogP contribution in [0.4, 0.5) is 11.4 Å². The number of hydrogen-bond acceptors (Lipinski definition) is 5. The Balaban J connectivity index is 1.79. The molecule has 0 saturated heterocycles. The van der Waals surface area contributed by atoms with Crippen LogP contribution in [-0.4, -0.2) is 25.7 Å². The summed E-state index contributed by atoms with van der Waals surface area (Å²) in [4.78, 5) is 4.19. The third-order valence-corrected chi connectivity index (χ3v) is 7.24. The Morgan fingerprint density at radius 3 is 2.63 bits per heavy atom. The van der Waals surface area contributed by atoms with E-state index in [9.17, 15) is 8.42 Å².